The fraction of sp³-hybridized carbons (Fsp3) is 0.0870. The molecule has 8 rings (SSSR count). The highest BCUT2D eigenvalue weighted by atomic mass is 15.2. The van der Waals surface area contributed by atoms with Crippen molar-refractivity contribution in [2.45, 2.75) is 27.7 Å². The summed E-state index contributed by atoms with van der Waals surface area (Å²) in [7, 11) is 0. The second-order valence-electron chi connectivity index (χ2n) is 13.3. The number of rotatable bonds is 8. The van der Waals surface area contributed by atoms with Crippen molar-refractivity contribution in [3.05, 3.63) is 169 Å². The van der Waals surface area contributed by atoms with Crippen LogP contribution in [0.2, 0.25) is 0 Å². The van der Waals surface area contributed by atoms with E-state index in [2.05, 4.69) is 144 Å². The molecule has 0 aliphatic heterocycles. The van der Waals surface area contributed by atoms with E-state index in [1.54, 1.807) is 0 Å². The Bertz CT molecular complexity index is 2320. The van der Waals surface area contributed by atoms with Gasteiger partial charge in [0.2, 0.25) is 0 Å². The van der Waals surface area contributed by atoms with Gasteiger partial charge < -0.3 is 0 Å². The molecule has 0 unspecified atom stereocenters. The van der Waals surface area contributed by atoms with E-state index in [-0.39, 0.29) is 0 Å². The molecule has 8 aromatic rings. The molecule has 0 saturated heterocycles. The summed E-state index contributed by atoms with van der Waals surface area (Å²) >= 11 is 0. The third kappa shape index (κ3) is 5.55. The molecule has 0 bridgehead atoms. The number of aryl methyl sites for hydroxylation is 2. The smallest absolute Gasteiger partial charge is 0.137 e. The molecular formula is C46H38N4. The van der Waals surface area contributed by atoms with Crippen molar-refractivity contribution in [3.63, 3.8) is 0 Å². The van der Waals surface area contributed by atoms with Crippen LogP contribution in [0.4, 0.5) is 34.4 Å². The average molecular weight is 647 g/mol. The Morgan fingerprint density at radius 1 is 0.440 bits per heavy atom. The molecule has 0 aliphatic carbocycles. The molecule has 0 fully saturated rings. The van der Waals surface area contributed by atoms with Crippen molar-refractivity contribution < 1.29 is 0 Å². The molecule has 0 atom stereocenters. The summed E-state index contributed by atoms with van der Waals surface area (Å²) in [4.78, 5) is 14.4. The molecule has 0 saturated carbocycles. The molecule has 6 aromatic carbocycles. The highest BCUT2D eigenvalue weighted by Gasteiger charge is 2.20. The first-order chi connectivity index (χ1) is 24.2. The topological polar surface area (TPSA) is 32.3 Å². The Balaban J connectivity index is 1.29. The van der Waals surface area contributed by atoms with Gasteiger partial charge in [0.1, 0.15) is 11.6 Å². The van der Waals surface area contributed by atoms with Crippen LogP contribution in [0.1, 0.15) is 36.4 Å². The van der Waals surface area contributed by atoms with Gasteiger partial charge in [-0.2, -0.15) is 0 Å². The first-order valence-electron chi connectivity index (χ1n) is 17.0. The first-order valence-corrected chi connectivity index (χ1v) is 17.0. The monoisotopic (exact) mass is 646 g/mol. The minimum Gasteiger partial charge on any atom is -0.295 e. The number of aromatic nitrogens is 2. The number of pyridine rings is 2. The van der Waals surface area contributed by atoms with Crippen LogP contribution in [0, 0.1) is 13.8 Å². The van der Waals surface area contributed by atoms with Crippen LogP contribution in [-0.2, 0) is 0 Å². The fourth-order valence-corrected chi connectivity index (χ4v) is 6.99. The Morgan fingerprint density at radius 3 is 1.08 bits per heavy atom. The van der Waals surface area contributed by atoms with E-state index in [4.69, 9.17) is 9.97 Å². The summed E-state index contributed by atoms with van der Waals surface area (Å²) in [5, 5.41) is 7.27. The van der Waals surface area contributed by atoms with Crippen LogP contribution >= 0.6 is 0 Å². The molecular weight excluding hydrogens is 609 g/mol. The summed E-state index contributed by atoms with van der Waals surface area (Å²) in [5.74, 6) is 1.76. The number of allylic oxidation sites excluding steroid dienone is 2. The Hall–Kier alpha value is -6.26. The minimum atomic E-state index is 0.881. The van der Waals surface area contributed by atoms with Crippen molar-refractivity contribution in [2.75, 3.05) is 9.80 Å². The van der Waals surface area contributed by atoms with E-state index < -0.39 is 0 Å². The van der Waals surface area contributed by atoms with Gasteiger partial charge in [0.05, 0.1) is 0 Å². The van der Waals surface area contributed by atoms with Gasteiger partial charge in [-0.3, -0.25) is 9.80 Å². The maximum atomic E-state index is 4.95. The van der Waals surface area contributed by atoms with Crippen LogP contribution in [-0.4, -0.2) is 9.97 Å². The SMILES string of the molecule is C=C(C)c1ccc(N(c2cc3ccc4cc(N(c5ccc(C(=C)C)cc5)c5cccc(C)n5)cc5ccc(c2)c3c45)c2cccc(C)n2)cc1. The number of anilines is 6. The van der Waals surface area contributed by atoms with Gasteiger partial charge in [0.25, 0.3) is 0 Å². The molecule has 0 aliphatic rings. The van der Waals surface area contributed by atoms with E-state index >= 15 is 0 Å². The van der Waals surface area contributed by atoms with Gasteiger partial charge in [-0.1, -0.05) is 85.0 Å². The zero-order valence-electron chi connectivity index (χ0n) is 28.9. The molecule has 2 aromatic heterocycles. The van der Waals surface area contributed by atoms with Gasteiger partial charge in [-0.25, -0.2) is 9.97 Å². The molecule has 0 radical (unpaired) electrons. The maximum absolute atomic E-state index is 4.95. The predicted molar refractivity (Wildman–Crippen MR) is 214 cm³/mol. The van der Waals surface area contributed by atoms with Gasteiger partial charge in [-0.15, -0.1) is 0 Å². The molecule has 4 heteroatoms. The molecule has 4 nitrogen and oxygen atoms in total. The van der Waals surface area contributed by atoms with Crippen molar-refractivity contribution in [3.8, 4) is 0 Å². The summed E-state index contributed by atoms with van der Waals surface area (Å²) in [6.07, 6.45) is 0. The maximum Gasteiger partial charge on any atom is 0.137 e. The Morgan fingerprint density at radius 2 is 0.780 bits per heavy atom. The summed E-state index contributed by atoms with van der Waals surface area (Å²) in [5.41, 5.74) is 10.5. The summed E-state index contributed by atoms with van der Waals surface area (Å²) in [6.45, 7) is 16.4. The lowest BCUT2D eigenvalue weighted by Gasteiger charge is -2.27. The molecule has 50 heavy (non-hydrogen) atoms. The van der Waals surface area contributed by atoms with Crippen LogP contribution < -0.4 is 9.80 Å². The average Bonchev–Trinajstić information content (AvgIpc) is 3.11. The molecule has 2 heterocycles. The molecule has 0 amide bonds. The van der Waals surface area contributed by atoms with Crippen LogP contribution in [0.25, 0.3) is 43.5 Å². The number of hydrogen-bond donors (Lipinski definition) is 0. The molecule has 0 N–H and O–H groups in total. The van der Waals surface area contributed by atoms with Crippen LogP contribution in [0.3, 0.4) is 0 Å². The lowest BCUT2D eigenvalue weighted by atomic mass is 9.93. The quantitative estimate of drug-likeness (QED) is 0.154. The van der Waals surface area contributed by atoms with Crippen molar-refractivity contribution in [2.24, 2.45) is 0 Å². The second kappa shape index (κ2) is 12.3. The Labute approximate surface area is 293 Å². The highest BCUT2D eigenvalue weighted by Crippen LogP contribution is 2.44. The van der Waals surface area contributed by atoms with E-state index in [0.29, 0.717) is 0 Å². The predicted octanol–water partition coefficient (Wildman–Crippen LogP) is 13.0. The van der Waals surface area contributed by atoms with Crippen molar-refractivity contribution in [1.82, 2.24) is 9.97 Å². The van der Waals surface area contributed by atoms with Crippen molar-refractivity contribution >= 4 is 77.8 Å². The zero-order valence-corrected chi connectivity index (χ0v) is 28.9. The van der Waals surface area contributed by atoms with E-state index in [1.807, 2.05) is 39.8 Å². The fourth-order valence-electron chi connectivity index (χ4n) is 6.99. The standard InChI is InChI=1S/C46H38N4/c1-29(2)33-17-21-39(22-18-33)49(43-11-7-9-31(5)47-43)41-25-35-13-15-37-27-42(28-38-16-14-36(26-41)45(35)46(37)38)50(44-12-8-10-32(6)48-44)40-23-19-34(20-24-40)30(3)4/h7-28H,1,3H2,2,4-6H3. The van der Waals surface area contributed by atoms with Crippen molar-refractivity contribution in [1.29, 1.82) is 0 Å². The minimum absolute atomic E-state index is 0.881. The highest BCUT2D eigenvalue weighted by molar-refractivity contribution is 6.24. The number of nitrogens with zero attached hydrogens (tertiary/aromatic N) is 4. The van der Waals surface area contributed by atoms with E-state index in [9.17, 15) is 0 Å². The molecule has 242 valence electrons. The first kappa shape index (κ1) is 31.0. The normalized spacial score (nSPS) is 11.4. The van der Waals surface area contributed by atoms with Gasteiger partial charge >= 0.3 is 0 Å². The largest absolute Gasteiger partial charge is 0.295 e. The third-order valence-electron chi connectivity index (χ3n) is 9.46. The number of benzene rings is 6. The summed E-state index contributed by atoms with van der Waals surface area (Å²) < 4.78 is 0. The van der Waals surface area contributed by atoms with Gasteiger partial charge in [0.15, 0.2) is 0 Å². The number of hydrogen-bond acceptors (Lipinski definition) is 4. The van der Waals surface area contributed by atoms with Crippen LogP contribution in [0.15, 0.2) is 147 Å². The third-order valence-corrected chi connectivity index (χ3v) is 9.46. The van der Waals surface area contributed by atoms with Crippen LogP contribution in [0.5, 0.6) is 0 Å². The van der Waals surface area contributed by atoms with Gasteiger partial charge in [0, 0.05) is 34.1 Å². The zero-order chi connectivity index (χ0) is 34.5. The lowest BCUT2D eigenvalue weighted by Crippen LogP contribution is -2.12. The summed E-state index contributed by atoms with van der Waals surface area (Å²) in [6, 6.07) is 47.7. The Kier molecular flexibility index (Phi) is 7.65. The van der Waals surface area contributed by atoms with E-state index in [1.165, 1.54) is 32.3 Å². The lowest BCUT2D eigenvalue weighted by molar-refractivity contribution is 1.13. The molecule has 0 spiro atoms. The van der Waals surface area contributed by atoms with E-state index in [0.717, 1.165) is 68.0 Å². The van der Waals surface area contributed by atoms with Gasteiger partial charge in [-0.05, 0) is 144 Å². The second-order valence-corrected chi connectivity index (χ2v) is 13.3.